The number of nitrogens with zero attached hydrogens (tertiary/aromatic N) is 2. The van der Waals surface area contributed by atoms with Gasteiger partial charge in [0.05, 0.1) is 6.04 Å². The Kier molecular flexibility index (Phi) is 2.10. The molecule has 0 bridgehead atoms. The van der Waals surface area contributed by atoms with Gasteiger partial charge in [0.2, 0.25) is 0 Å². The number of nitrogens with one attached hydrogen (secondary N) is 1. The SMILES string of the molecule is C=CC(C)n1c(C2(C)CC2)n[nH]c1=S. The van der Waals surface area contributed by atoms with Crippen LogP contribution in [0.2, 0.25) is 0 Å². The number of aromatic nitrogens is 3. The zero-order valence-electron chi connectivity index (χ0n) is 8.58. The molecule has 76 valence electrons. The topological polar surface area (TPSA) is 33.6 Å². The van der Waals surface area contributed by atoms with Gasteiger partial charge in [0.25, 0.3) is 0 Å². The molecule has 0 aromatic carbocycles. The number of hydrogen-bond acceptors (Lipinski definition) is 2. The van der Waals surface area contributed by atoms with Crippen LogP contribution in [0.5, 0.6) is 0 Å². The number of H-pyrrole nitrogens is 1. The van der Waals surface area contributed by atoms with E-state index >= 15 is 0 Å². The summed E-state index contributed by atoms with van der Waals surface area (Å²) in [7, 11) is 0. The molecule has 0 aliphatic heterocycles. The highest BCUT2D eigenvalue weighted by molar-refractivity contribution is 7.71. The minimum absolute atomic E-state index is 0.216. The van der Waals surface area contributed by atoms with E-state index in [0.29, 0.717) is 4.77 Å². The first kappa shape index (κ1) is 9.65. The third-order valence-corrected chi connectivity index (χ3v) is 3.28. The molecular formula is C10H15N3S. The smallest absolute Gasteiger partial charge is 0.195 e. The van der Waals surface area contributed by atoms with Crippen LogP contribution in [-0.2, 0) is 5.41 Å². The lowest BCUT2D eigenvalue weighted by Crippen LogP contribution is -2.14. The van der Waals surface area contributed by atoms with Gasteiger partial charge in [0, 0.05) is 5.41 Å². The number of hydrogen-bond donors (Lipinski definition) is 1. The molecular weight excluding hydrogens is 194 g/mol. The summed E-state index contributed by atoms with van der Waals surface area (Å²) in [5.41, 5.74) is 0.241. The van der Waals surface area contributed by atoms with Crippen molar-refractivity contribution in [2.75, 3.05) is 0 Å². The quantitative estimate of drug-likeness (QED) is 0.613. The molecule has 1 atom stereocenters. The van der Waals surface area contributed by atoms with Gasteiger partial charge in [-0.3, -0.25) is 9.67 Å². The highest BCUT2D eigenvalue weighted by atomic mass is 32.1. The molecule has 0 saturated heterocycles. The van der Waals surface area contributed by atoms with E-state index in [4.69, 9.17) is 12.2 Å². The van der Waals surface area contributed by atoms with E-state index < -0.39 is 0 Å². The van der Waals surface area contributed by atoms with Gasteiger partial charge in [-0.25, -0.2) is 0 Å². The normalized spacial score (nSPS) is 20.4. The Hall–Kier alpha value is -0.900. The fraction of sp³-hybridized carbons (Fsp3) is 0.600. The van der Waals surface area contributed by atoms with Crippen LogP contribution in [0.4, 0.5) is 0 Å². The van der Waals surface area contributed by atoms with Crippen LogP contribution < -0.4 is 0 Å². The van der Waals surface area contributed by atoms with Crippen molar-refractivity contribution in [1.82, 2.24) is 14.8 Å². The van der Waals surface area contributed by atoms with Crippen molar-refractivity contribution in [3.05, 3.63) is 23.3 Å². The third kappa shape index (κ3) is 1.34. The first-order valence-corrected chi connectivity index (χ1v) is 5.29. The lowest BCUT2D eigenvalue weighted by atomic mass is 10.1. The maximum atomic E-state index is 5.21. The average Bonchev–Trinajstić information content (AvgIpc) is 2.77. The molecule has 3 nitrogen and oxygen atoms in total. The lowest BCUT2D eigenvalue weighted by molar-refractivity contribution is 0.565. The summed E-state index contributed by atoms with van der Waals surface area (Å²) in [5.74, 6) is 1.08. The Morgan fingerprint density at radius 1 is 1.71 bits per heavy atom. The summed E-state index contributed by atoms with van der Waals surface area (Å²) in [4.78, 5) is 0. The molecule has 1 fully saturated rings. The number of aromatic amines is 1. The van der Waals surface area contributed by atoms with E-state index in [1.807, 2.05) is 6.08 Å². The second-order valence-corrected chi connectivity index (χ2v) is 4.65. The van der Waals surface area contributed by atoms with Crippen molar-refractivity contribution in [3.63, 3.8) is 0 Å². The second-order valence-electron chi connectivity index (χ2n) is 4.26. The molecule has 0 radical (unpaired) electrons. The van der Waals surface area contributed by atoms with E-state index in [1.54, 1.807) is 0 Å². The van der Waals surface area contributed by atoms with Crippen LogP contribution >= 0.6 is 12.2 Å². The maximum Gasteiger partial charge on any atom is 0.195 e. The van der Waals surface area contributed by atoms with Crippen molar-refractivity contribution < 1.29 is 0 Å². The van der Waals surface area contributed by atoms with Gasteiger partial charge in [-0.15, -0.1) is 6.58 Å². The van der Waals surface area contributed by atoms with Gasteiger partial charge in [0.1, 0.15) is 5.82 Å². The third-order valence-electron chi connectivity index (χ3n) is 2.99. The molecule has 1 N–H and O–H groups in total. The number of allylic oxidation sites excluding steroid dienone is 1. The van der Waals surface area contributed by atoms with Crippen molar-refractivity contribution in [3.8, 4) is 0 Å². The fourth-order valence-corrected chi connectivity index (χ4v) is 1.92. The standard InChI is InChI=1S/C10H15N3S/c1-4-7(2)13-8(10(3)5-6-10)11-12-9(13)14/h4,7H,1,5-6H2,2-3H3,(H,12,14). The van der Waals surface area contributed by atoms with E-state index in [-0.39, 0.29) is 11.5 Å². The van der Waals surface area contributed by atoms with Crippen LogP contribution in [0.3, 0.4) is 0 Å². The average molecular weight is 209 g/mol. The van der Waals surface area contributed by atoms with Gasteiger partial charge in [-0.2, -0.15) is 5.10 Å². The Morgan fingerprint density at radius 3 is 2.86 bits per heavy atom. The first-order valence-electron chi connectivity index (χ1n) is 4.88. The molecule has 0 spiro atoms. The second kappa shape index (κ2) is 3.05. The Bertz CT molecular complexity index is 411. The Labute approximate surface area is 88.8 Å². The van der Waals surface area contributed by atoms with Crippen molar-refractivity contribution in [1.29, 1.82) is 0 Å². The summed E-state index contributed by atoms with van der Waals surface area (Å²) in [6.07, 6.45) is 4.30. The minimum Gasteiger partial charge on any atom is -0.297 e. The molecule has 1 saturated carbocycles. The zero-order valence-corrected chi connectivity index (χ0v) is 9.40. The molecule has 0 amide bonds. The van der Waals surface area contributed by atoms with Gasteiger partial charge in [0.15, 0.2) is 4.77 Å². The Morgan fingerprint density at radius 2 is 2.36 bits per heavy atom. The number of rotatable bonds is 3. The summed E-state index contributed by atoms with van der Waals surface area (Å²) < 4.78 is 2.76. The van der Waals surface area contributed by atoms with E-state index in [2.05, 4.69) is 35.2 Å². The van der Waals surface area contributed by atoms with Crippen LogP contribution in [-0.4, -0.2) is 14.8 Å². The largest absolute Gasteiger partial charge is 0.297 e. The van der Waals surface area contributed by atoms with Crippen molar-refractivity contribution in [2.45, 2.75) is 38.1 Å². The molecule has 1 heterocycles. The fourth-order valence-electron chi connectivity index (χ4n) is 1.62. The lowest BCUT2D eigenvalue weighted by Gasteiger charge is -2.14. The summed E-state index contributed by atoms with van der Waals surface area (Å²) >= 11 is 5.21. The molecule has 14 heavy (non-hydrogen) atoms. The highest BCUT2D eigenvalue weighted by Gasteiger charge is 2.43. The van der Waals surface area contributed by atoms with Gasteiger partial charge >= 0.3 is 0 Å². The van der Waals surface area contributed by atoms with Crippen LogP contribution in [0.1, 0.15) is 38.6 Å². The van der Waals surface area contributed by atoms with E-state index in [9.17, 15) is 0 Å². The van der Waals surface area contributed by atoms with Crippen molar-refractivity contribution in [2.24, 2.45) is 0 Å². The summed E-state index contributed by atoms with van der Waals surface area (Å²) in [6.45, 7) is 8.10. The van der Waals surface area contributed by atoms with Crippen LogP contribution in [0.15, 0.2) is 12.7 Å². The minimum atomic E-state index is 0.216. The summed E-state index contributed by atoms with van der Waals surface area (Å²) in [5, 5.41) is 7.18. The highest BCUT2D eigenvalue weighted by Crippen LogP contribution is 2.47. The van der Waals surface area contributed by atoms with Gasteiger partial charge < -0.3 is 0 Å². The molecule has 1 aliphatic carbocycles. The molecule has 4 heteroatoms. The predicted molar refractivity (Wildman–Crippen MR) is 58.9 cm³/mol. The van der Waals surface area contributed by atoms with E-state index in [0.717, 1.165) is 5.82 Å². The predicted octanol–water partition coefficient (Wildman–Crippen LogP) is 2.74. The molecule has 2 rings (SSSR count). The first-order chi connectivity index (χ1) is 6.58. The monoisotopic (exact) mass is 209 g/mol. The van der Waals surface area contributed by atoms with E-state index in [1.165, 1.54) is 12.8 Å². The van der Waals surface area contributed by atoms with Gasteiger partial charge in [-0.1, -0.05) is 13.0 Å². The summed E-state index contributed by atoms with van der Waals surface area (Å²) in [6, 6.07) is 0.216. The Balaban J connectivity index is 2.51. The molecule has 1 aliphatic rings. The van der Waals surface area contributed by atoms with Crippen LogP contribution in [0, 0.1) is 4.77 Å². The zero-order chi connectivity index (χ0) is 10.3. The molecule has 1 aromatic heterocycles. The van der Waals surface area contributed by atoms with Crippen molar-refractivity contribution >= 4 is 12.2 Å². The van der Waals surface area contributed by atoms with Gasteiger partial charge in [-0.05, 0) is 32.0 Å². The molecule has 1 aromatic rings. The molecule has 1 unspecified atom stereocenters. The van der Waals surface area contributed by atoms with Crippen LogP contribution in [0.25, 0.3) is 0 Å². The maximum absolute atomic E-state index is 5.21.